The smallest absolute Gasteiger partial charge is 0.478 e. The summed E-state index contributed by atoms with van der Waals surface area (Å²) in [6.07, 6.45) is -2.71. The van der Waals surface area contributed by atoms with E-state index in [2.05, 4.69) is 51.9 Å². The van der Waals surface area contributed by atoms with Crippen LogP contribution >= 0.6 is 23.2 Å². The van der Waals surface area contributed by atoms with Gasteiger partial charge in [0.25, 0.3) is 0 Å². The Bertz CT molecular complexity index is 1910. The predicted molar refractivity (Wildman–Crippen MR) is 177 cm³/mol. The second-order valence-electron chi connectivity index (χ2n) is 12.1. The van der Waals surface area contributed by atoms with Gasteiger partial charge in [0.15, 0.2) is 0 Å². The Morgan fingerprint density at radius 2 is 1.40 bits per heavy atom. The van der Waals surface area contributed by atoms with Gasteiger partial charge >= 0.3 is 18.1 Å². The Labute approximate surface area is 284 Å². The topological polar surface area (TPSA) is 95.7 Å². The molecule has 5 aromatic rings. The van der Waals surface area contributed by atoms with Crippen LogP contribution < -0.4 is 0 Å². The summed E-state index contributed by atoms with van der Waals surface area (Å²) in [5, 5.41) is 17.9. The minimum atomic E-state index is -5.08. The SMILES string of the molecule is O=C(O)C(F)(F)F.O=C(O)c1cccc(CN2CC(n3c(C4CC4)nc4ccc(C(c5ccc(Cl)cc5)c5ccc(Cl)cc5)cc43)C2)c1. The Hall–Kier alpha value is -4.38. The third-order valence-electron chi connectivity index (χ3n) is 8.55. The number of carboxylic acid groups (broad SMARTS) is 2. The van der Waals surface area contributed by atoms with Crippen molar-refractivity contribution in [2.45, 2.75) is 43.4 Å². The molecule has 1 aromatic heterocycles. The van der Waals surface area contributed by atoms with Gasteiger partial charge in [-0.25, -0.2) is 14.6 Å². The van der Waals surface area contributed by atoms with Gasteiger partial charge in [-0.1, -0.05) is 65.7 Å². The number of nitrogens with zero attached hydrogens (tertiary/aromatic N) is 3. The average Bonchev–Trinajstić information content (AvgIpc) is 3.81. The molecule has 2 aliphatic rings. The first-order valence-electron chi connectivity index (χ1n) is 15.2. The van der Waals surface area contributed by atoms with Crippen molar-refractivity contribution in [1.29, 1.82) is 0 Å². The van der Waals surface area contributed by atoms with E-state index in [0.29, 0.717) is 17.5 Å². The average molecular weight is 697 g/mol. The molecule has 0 spiro atoms. The maximum atomic E-state index is 11.4. The Morgan fingerprint density at radius 3 is 1.92 bits per heavy atom. The normalized spacial score (nSPS) is 15.2. The molecule has 2 fully saturated rings. The zero-order valence-corrected chi connectivity index (χ0v) is 26.9. The number of hydrogen-bond donors (Lipinski definition) is 2. The molecule has 1 aliphatic heterocycles. The fourth-order valence-corrected chi connectivity index (χ4v) is 6.36. The maximum absolute atomic E-state index is 11.4. The van der Waals surface area contributed by atoms with Gasteiger partial charge in [0.05, 0.1) is 22.6 Å². The van der Waals surface area contributed by atoms with Crippen molar-refractivity contribution in [3.05, 3.63) is 135 Å². The number of aromatic nitrogens is 2. The van der Waals surface area contributed by atoms with E-state index in [-0.39, 0.29) is 5.92 Å². The van der Waals surface area contributed by atoms with E-state index < -0.39 is 18.1 Å². The molecule has 2 N–H and O–H groups in total. The van der Waals surface area contributed by atoms with E-state index in [1.165, 1.54) is 40.9 Å². The summed E-state index contributed by atoms with van der Waals surface area (Å²) in [5.74, 6) is -1.90. The molecular weight excluding hydrogens is 666 g/mol. The van der Waals surface area contributed by atoms with Gasteiger partial charge in [0, 0.05) is 41.5 Å². The van der Waals surface area contributed by atoms with Crippen LogP contribution in [0.25, 0.3) is 11.0 Å². The van der Waals surface area contributed by atoms with Crippen molar-refractivity contribution in [2.24, 2.45) is 0 Å². The Morgan fingerprint density at radius 1 is 0.833 bits per heavy atom. The molecule has 0 bridgehead atoms. The highest BCUT2D eigenvalue weighted by Crippen LogP contribution is 2.44. The molecule has 1 saturated carbocycles. The highest BCUT2D eigenvalue weighted by Gasteiger charge is 2.38. The molecule has 0 amide bonds. The number of fused-ring (bicyclic) bond motifs is 1. The number of rotatable bonds is 8. The molecule has 0 unspecified atom stereocenters. The van der Waals surface area contributed by atoms with E-state index in [0.717, 1.165) is 40.8 Å². The molecule has 2 heterocycles. The van der Waals surface area contributed by atoms with E-state index in [1.807, 2.05) is 36.4 Å². The first-order chi connectivity index (χ1) is 22.9. The zero-order chi connectivity index (χ0) is 34.2. The van der Waals surface area contributed by atoms with Crippen LogP contribution in [0.5, 0.6) is 0 Å². The van der Waals surface area contributed by atoms with Crippen LogP contribution in [-0.2, 0) is 11.3 Å². The van der Waals surface area contributed by atoms with E-state index in [9.17, 15) is 23.1 Å². The van der Waals surface area contributed by atoms with Crippen molar-refractivity contribution in [3.63, 3.8) is 0 Å². The molecule has 0 atom stereocenters. The van der Waals surface area contributed by atoms with Gasteiger partial charge in [-0.15, -0.1) is 0 Å². The summed E-state index contributed by atoms with van der Waals surface area (Å²) in [7, 11) is 0. The number of likely N-dealkylation sites (tertiary alicyclic amines) is 1. The first-order valence-corrected chi connectivity index (χ1v) is 16.0. The van der Waals surface area contributed by atoms with Crippen molar-refractivity contribution in [1.82, 2.24) is 14.5 Å². The van der Waals surface area contributed by atoms with Crippen LogP contribution in [0.3, 0.4) is 0 Å². The molecule has 7 nitrogen and oxygen atoms in total. The number of alkyl halides is 3. The van der Waals surface area contributed by atoms with E-state index >= 15 is 0 Å². The van der Waals surface area contributed by atoms with Gasteiger partial charge in [-0.3, -0.25) is 4.90 Å². The lowest BCUT2D eigenvalue weighted by molar-refractivity contribution is -0.192. The van der Waals surface area contributed by atoms with Crippen LogP contribution in [-0.4, -0.2) is 55.9 Å². The van der Waals surface area contributed by atoms with Crippen LogP contribution in [0, 0.1) is 0 Å². The van der Waals surface area contributed by atoms with Crippen molar-refractivity contribution < 1.29 is 33.0 Å². The summed E-state index contributed by atoms with van der Waals surface area (Å²) in [4.78, 5) is 27.8. The summed E-state index contributed by atoms with van der Waals surface area (Å²) in [6, 6.07) is 30.4. The molecular formula is C36H30Cl2F3N3O4. The molecule has 4 aromatic carbocycles. The van der Waals surface area contributed by atoms with Crippen LogP contribution in [0.4, 0.5) is 13.2 Å². The van der Waals surface area contributed by atoms with Crippen molar-refractivity contribution in [3.8, 4) is 0 Å². The molecule has 248 valence electrons. The van der Waals surface area contributed by atoms with Gasteiger partial charge in [0.1, 0.15) is 5.82 Å². The van der Waals surface area contributed by atoms with Crippen molar-refractivity contribution in [2.75, 3.05) is 13.1 Å². The van der Waals surface area contributed by atoms with Crippen LogP contribution in [0.15, 0.2) is 91.0 Å². The summed E-state index contributed by atoms with van der Waals surface area (Å²) in [6.45, 7) is 2.55. The molecule has 12 heteroatoms. The minimum Gasteiger partial charge on any atom is -0.478 e. The molecule has 0 radical (unpaired) electrons. The quantitative estimate of drug-likeness (QED) is 0.158. The van der Waals surface area contributed by atoms with Gasteiger partial charge in [0.2, 0.25) is 0 Å². The maximum Gasteiger partial charge on any atom is 0.490 e. The number of carboxylic acids is 2. The van der Waals surface area contributed by atoms with Gasteiger partial charge < -0.3 is 14.8 Å². The summed E-state index contributed by atoms with van der Waals surface area (Å²) in [5.41, 5.74) is 7.11. The zero-order valence-electron chi connectivity index (χ0n) is 25.4. The standard InChI is InChI=1S/C34H29Cl2N3O2.C2HF3O2/c35-27-11-6-22(7-12-27)32(23-8-13-28(36)14-9-23)25-10-15-30-31(17-25)39(33(37-30)24-4-5-24)29-19-38(20-29)18-21-2-1-3-26(16-21)34(40)41;3-2(4,5)1(6)7/h1-3,6-17,24,29,32H,4-5,18-20H2,(H,40,41);(H,6,7). The second-order valence-corrected chi connectivity index (χ2v) is 12.9. The number of imidazole rings is 1. The molecule has 1 aliphatic carbocycles. The third kappa shape index (κ3) is 7.51. The lowest BCUT2D eigenvalue weighted by Gasteiger charge is -2.41. The summed E-state index contributed by atoms with van der Waals surface area (Å²) < 4.78 is 34.2. The van der Waals surface area contributed by atoms with Crippen LogP contribution in [0.2, 0.25) is 10.0 Å². The minimum absolute atomic E-state index is 0.0288. The first kappa shape index (κ1) is 33.5. The fraction of sp³-hybridized carbons (Fsp3) is 0.250. The largest absolute Gasteiger partial charge is 0.490 e. The lowest BCUT2D eigenvalue weighted by Crippen LogP contribution is -2.47. The number of aromatic carboxylic acids is 1. The monoisotopic (exact) mass is 695 g/mol. The number of benzene rings is 4. The number of carbonyl (C=O) groups is 2. The summed E-state index contributed by atoms with van der Waals surface area (Å²) >= 11 is 12.5. The third-order valence-corrected chi connectivity index (χ3v) is 9.05. The highest BCUT2D eigenvalue weighted by molar-refractivity contribution is 6.30. The lowest BCUT2D eigenvalue weighted by atomic mass is 9.85. The second kappa shape index (κ2) is 13.6. The Balaban J connectivity index is 0.000000519. The Kier molecular flexibility index (Phi) is 9.51. The van der Waals surface area contributed by atoms with Crippen molar-refractivity contribution >= 4 is 46.2 Å². The fourth-order valence-electron chi connectivity index (χ4n) is 6.11. The predicted octanol–water partition coefficient (Wildman–Crippen LogP) is 8.79. The van der Waals surface area contributed by atoms with E-state index in [4.69, 9.17) is 38.1 Å². The van der Waals surface area contributed by atoms with E-state index in [1.54, 1.807) is 12.1 Å². The van der Waals surface area contributed by atoms with Gasteiger partial charge in [-0.05, 0) is 83.6 Å². The van der Waals surface area contributed by atoms with Crippen LogP contribution in [0.1, 0.15) is 69.2 Å². The molecule has 48 heavy (non-hydrogen) atoms. The van der Waals surface area contributed by atoms with Gasteiger partial charge in [-0.2, -0.15) is 13.2 Å². The highest BCUT2D eigenvalue weighted by atomic mass is 35.5. The number of halogens is 5. The molecule has 7 rings (SSSR count). The number of aliphatic carboxylic acids is 1. The molecule has 1 saturated heterocycles. The number of hydrogen-bond acceptors (Lipinski definition) is 4.